The van der Waals surface area contributed by atoms with Gasteiger partial charge in [0.15, 0.2) is 0 Å². The van der Waals surface area contributed by atoms with Crippen molar-refractivity contribution in [2.24, 2.45) is 11.3 Å². The summed E-state index contributed by atoms with van der Waals surface area (Å²) in [6.07, 6.45) is 4.96. The first-order valence-corrected chi connectivity index (χ1v) is 4.01. The zero-order chi connectivity index (χ0) is 7.35. The quantitative estimate of drug-likeness (QED) is 0.447. The van der Waals surface area contributed by atoms with E-state index in [1.807, 2.05) is 0 Å². The summed E-state index contributed by atoms with van der Waals surface area (Å²) in [5.74, 6) is 0.796. The summed E-state index contributed by atoms with van der Waals surface area (Å²) in [5.41, 5.74) is 3.43. The van der Waals surface area contributed by atoms with Crippen molar-refractivity contribution in [1.82, 2.24) is 0 Å². The van der Waals surface area contributed by atoms with Crippen LogP contribution in [0.25, 0.3) is 0 Å². The Kier molecular flexibility index (Phi) is 0.964. The molecule has 10 heavy (non-hydrogen) atoms. The van der Waals surface area contributed by atoms with Crippen LogP contribution < -0.4 is 0 Å². The van der Waals surface area contributed by atoms with Gasteiger partial charge >= 0.3 is 0 Å². The van der Waals surface area contributed by atoms with Gasteiger partial charge in [-0.1, -0.05) is 37.6 Å². The van der Waals surface area contributed by atoms with Gasteiger partial charge in [0.05, 0.1) is 0 Å². The zero-order valence-corrected chi connectivity index (χ0v) is 6.78. The van der Waals surface area contributed by atoms with Crippen LogP contribution >= 0.6 is 0 Å². The third-order valence-corrected chi connectivity index (χ3v) is 3.21. The first-order valence-electron chi connectivity index (χ1n) is 4.01. The van der Waals surface area contributed by atoms with Crippen molar-refractivity contribution in [2.45, 2.75) is 26.7 Å². The van der Waals surface area contributed by atoms with Crippen molar-refractivity contribution in [3.05, 3.63) is 23.8 Å². The predicted octanol–water partition coefficient (Wildman–Crippen LogP) is 2.92. The highest BCUT2D eigenvalue weighted by molar-refractivity contribution is 5.39. The first kappa shape index (κ1) is 6.21. The van der Waals surface area contributed by atoms with Gasteiger partial charge in [-0.25, -0.2) is 0 Å². The molecule has 0 saturated heterocycles. The van der Waals surface area contributed by atoms with E-state index in [0.29, 0.717) is 5.41 Å². The lowest BCUT2D eigenvalue weighted by atomic mass is 9.79. The molecule has 0 spiro atoms. The molecule has 1 saturated carbocycles. The molecule has 0 heterocycles. The van der Waals surface area contributed by atoms with Gasteiger partial charge in [0.25, 0.3) is 0 Å². The van der Waals surface area contributed by atoms with Crippen LogP contribution in [-0.2, 0) is 0 Å². The summed E-state index contributed by atoms with van der Waals surface area (Å²) in [4.78, 5) is 0. The molecule has 0 aliphatic heterocycles. The zero-order valence-electron chi connectivity index (χ0n) is 6.78. The van der Waals surface area contributed by atoms with Crippen molar-refractivity contribution in [3.8, 4) is 0 Å². The van der Waals surface area contributed by atoms with Crippen LogP contribution in [0, 0.1) is 11.3 Å². The lowest BCUT2D eigenvalue weighted by Crippen LogP contribution is -2.14. The second-order valence-corrected chi connectivity index (χ2v) is 4.02. The van der Waals surface area contributed by atoms with E-state index in [0.717, 1.165) is 5.92 Å². The SMILES string of the molecule is C=C1C2CC=C(C2)C1(C)C. The Morgan fingerprint density at radius 2 is 2.30 bits per heavy atom. The third-order valence-electron chi connectivity index (χ3n) is 3.21. The summed E-state index contributed by atoms with van der Waals surface area (Å²) in [6.45, 7) is 8.73. The molecule has 0 N–H and O–H groups in total. The van der Waals surface area contributed by atoms with E-state index in [1.54, 1.807) is 5.57 Å². The van der Waals surface area contributed by atoms with Crippen LogP contribution in [0.4, 0.5) is 0 Å². The van der Waals surface area contributed by atoms with Crippen LogP contribution in [-0.4, -0.2) is 0 Å². The molecule has 0 radical (unpaired) electrons. The van der Waals surface area contributed by atoms with Gasteiger partial charge in [0.1, 0.15) is 0 Å². The summed E-state index contributed by atoms with van der Waals surface area (Å²) >= 11 is 0. The molecule has 54 valence electrons. The number of rotatable bonds is 0. The van der Waals surface area contributed by atoms with Crippen LogP contribution in [0.5, 0.6) is 0 Å². The monoisotopic (exact) mass is 134 g/mol. The summed E-state index contributed by atoms with van der Waals surface area (Å²) in [6, 6.07) is 0. The number of hydrogen-bond acceptors (Lipinski definition) is 0. The van der Waals surface area contributed by atoms with Crippen LogP contribution in [0.1, 0.15) is 26.7 Å². The van der Waals surface area contributed by atoms with E-state index in [4.69, 9.17) is 0 Å². The summed E-state index contributed by atoms with van der Waals surface area (Å²) in [7, 11) is 0. The molecule has 2 aliphatic rings. The molecule has 0 aromatic heterocycles. The Morgan fingerprint density at radius 1 is 1.60 bits per heavy atom. The fourth-order valence-corrected chi connectivity index (χ4v) is 2.21. The molecule has 0 amide bonds. The Bertz CT molecular complexity index is 218. The fraction of sp³-hybridized carbons (Fsp3) is 0.600. The van der Waals surface area contributed by atoms with Gasteiger partial charge in [0, 0.05) is 5.41 Å². The van der Waals surface area contributed by atoms with Crippen molar-refractivity contribution in [2.75, 3.05) is 0 Å². The van der Waals surface area contributed by atoms with Gasteiger partial charge in [-0.05, 0) is 18.8 Å². The van der Waals surface area contributed by atoms with Crippen molar-refractivity contribution in [3.63, 3.8) is 0 Å². The highest BCUT2D eigenvalue weighted by Crippen LogP contribution is 2.54. The molecule has 2 rings (SSSR count). The summed E-state index contributed by atoms with van der Waals surface area (Å²) in [5, 5.41) is 0. The van der Waals surface area contributed by atoms with E-state index >= 15 is 0 Å². The summed E-state index contributed by atoms with van der Waals surface area (Å²) < 4.78 is 0. The molecule has 0 aromatic rings. The van der Waals surface area contributed by atoms with Gasteiger partial charge in [0.2, 0.25) is 0 Å². The minimum Gasteiger partial charge on any atom is -0.0987 e. The topological polar surface area (TPSA) is 0 Å². The molecule has 1 unspecified atom stereocenters. The molecule has 0 heteroatoms. The smallest absolute Gasteiger partial charge is 0.00645 e. The van der Waals surface area contributed by atoms with Crippen LogP contribution in [0.2, 0.25) is 0 Å². The number of hydrogen-bond donors (Lipinski definition) is 0. The molecule has 0 nitrogen and oxygen atoms in total. The molecule has 0 aromatic carbocycles. The Hall–Kier alpha value is -0.520. The van der Waals surface area contributed by atoms with Crippen LogP contribution in [0.15, 0.2) is 23.8 Å². The second kappa shape index (κ2) is 1.55. The largest absolute Gasteiger partial charge is 0.0987 e. The number of allylic oxidation sites excluding steroid dienone is 3. The Balaban J connectivity index is 2.48. The molecule has 2 aliphatic carbocycles. The van der Waals surface area contributed by atoms with Gasteiger partial charge in [-0.15, -0.1) is 0 Å². The van der Waals surface area contributed by atoms with E-state index < -0.39 is 0 Å². The van der Waals surface area contributed by atoms with E-state index in [2.05, 4.69) is 26.5 Å². The molecule has 1 atom stereocenters. The lowest BCUT2D eigenvalue weighted by Gasteiger charge is -2.26. The second-order valence-electron chi connectivity index (χ2n) is 4.02. The minimum atomic E-state index is 0.336. The molecular formula is C10H14. The third kappa shape index (κ3) is 0.524. The minimum absolute atomic E-state index is 0.336. The van der Waals surface area contributed by atoms with E-state index in [1.165, 1.54) is 18.4 Å². The van der Waals surface area contributed by atoms with E-state index in [-0.39, 0.29) is 0 Å². The van der Waals surface area contributed by atoms with Gasteiger partial charge < -0.3 is 0 Å². The Morgan fingerprint density at radius 3 is 2.60 bits per heavy atom. The van der Waals surface area contributed by atoms with Crippen molar-refractivity contribution >= 4 is 0 Å². The first-order chi connectivity index (χ1) is 4.62. The van der Waals surface area contributed by atoms with Gasteiger partial charge in [-0.2, -0.15) is 0 Å². The lowest BCUT2D eigenvalue weighted by molar-refractivity contribution is 0.528. The van der Waals surface area contributed by atoms with Crippen LogP contribution in [0.3, 0.4) is 0 Å². The maximum atomic E-state index is 4.15. The fourth-order valence-electron chi connectivity index (χ4n) is 2.21. The molecule has 1 fully saturated rings. The van der Waals surface area contributed by atoms with Gasteiger partial charge in [-0.3, -0.25) is 0 Å². The number of fused-ring (bicyclic) bond motifs is 2. The molecular weight excluding hydrogens is 120 g/mol. The maximum absolute atomic E-state index is 4.15. The normalized spacial score (nSPS) is 34.8. The van der Waals surface area contributed by atoms with E-state index in [9.17, 15) is 0 Å². The highest BCUT2D eigenvalue weighted by atomic mass is 14.5. The Labute approximate surface area is 62.6 Å². The van der Waals surface area contributed by atoms with Crippen molar-refractivity contribution in [1.29, 1.82) is 0 Å². The average Bonchev–Trinajstić information content (AvgIpc) is 2.37. The standard InChI is InChI=1S/C10H14/c1-7-8-4-5-9(6-8)10(7,2)3/h5,8H,1,4,6H2,2-3H3. The molecule has 2 bridgehead atoms. The highest BCUT2D eigenvalue weighted by Gasteiger charge is 2.41. The average molecular weight is 134 g/mol. The predicted molar refractivity (Wildman–Crippen MR) is 43.7 cm³/mol. The maximum Gasteiger partial charge on any atom is 0.00645 e. The van der Waals surface area contributed by atoms with Crippen molar-refractivity contribution < 1.29 is 0 Å².